The van der Waals surface area contributed by atoms with Gasteiger partial charge in [-0.15, -0.1) is 11.6 Å². The van der Waals surface area contributed by atoms with Gasteiger partial charge in [-0.05, 0) is 42.5 Å². The number of benzene rings is 2. The van der Waals surface area contributed by atoms with E-state index in [1.807, 2.05) is 36.4 Å². The van der Waals surface area contributed by atoms with Gasteiger partial charge in [0.15, 0.2) is 0 Å². The van der Waals surface area contributed by atoms with E-state index in [1.165, 1.54) is 0 Å². The van der Waals surface area contributed by atoms with Gasteiger partial charge in [-0.25, -0.2) is 9.59 Å². The number of hydrogen-bond acceptors (Lipinski definition) is 3. The molecule has 0 saturated carbocycles. The number of rotatable bonds is 6. The minimum atomic E-state index is -1.14. The second kappa shape index (κ2) is 7.61. The lowest BCUT2D eigenvalue weighted by Gasteiger charge is -2.22. The van der Waals surface area contributed by atoms with E-state index >= 15 is 0 Å². The predicted molar refractivity (Wildman–Crippen MR) is 104 cm³/mol. The summed E-state index contributed by atoms with van der Waals surface area (Å²) in [6, 6.07) is 14.9. The summed E-state index contributed by atoms with van der Waals surface area (Å²) < 4.78 is 5.38. The molecule has 0 spiro atoms. The Kier molecular flexibility index (Phi) is 5.42. The molecule has 1 aliphatic carbocycles. The highest BCUT2D eigenvalue weighted by Crippen LogP contribution is 2.44. The molecule has 1 aliphatic rings. The zero-order valence-corrected chi connectivity index (χ0v) is 16.0. The largest absolute Gasteiger partial charge is 0.480 e. The number of carboxylic acid groups (broad SMARTS) is 1. The summed E-state index contributed by atoms with van der Waals surface area (Å²) in [6.07, 6.45) is -0.668. The van der Waals surface area contributed by atoms with Crippen LogP contribution in [0.1, 0.15) is 37.3 Å². The van der Waals surface area contributed by atoms with Gasteiger partial charge in [0.25, 0.3) is 0 Å². The summed E-state index contributed by atoms with van der Waals surface area (Å²) >= 11 is 6.09. The Morgan fingerprint density at radius 3 is 2.11 bits per heavy atom. The molecule has 2 N–H and O–H groups in total. The molecule has 27 heavy (non-hydrogen) atoms. The van der Waals surface area contributed by atoms with Gasteiger partial charge in [0.2, 0.25) is 0 Å². The maximum absolute atomic E-state index is 12.2. The average Bonchev–Trinajstić information content (AvgIpc) is 2.92. The van der Waals surface area contributed by atoms with Crippen LogP contribution in [0.2, 0.25) is 0 Å². The number of fused-ring (bicyclic) bond motifs is 3. The van der Waals surface area contributed by atoms with Crippen LogP contribution in [0.3, 0.4) is 0 Å². The smallest absolute Gasteiger partial charge is 0.407 e. The summed E-state index contributed by atoms with van der Waals surface area (Å²) in [7, 11) is 0. The van der Waals surface area contributed by atoms with Crippen LogP contribution < -0.4 is 5.32 Å². The first-order valence-electron chi connectivity index (χ1n) is 8.79. The van der Waals surface area contributed by atoms with E-state index in [0.717, 1.165) is 22.3 Å². The number of alkyl halides is 1. The summed E-state index contributed by atoms with van der Waals surface area (Å²) in [5, 5.41) is 11.7. The lowest BCUT2D eigenvalue weighted by atomic mass is 9.98. The number of hydrogen-bond donors (Lipinski definition) is 2. The van der Waals surface area contributed by atoms with Crippen molar-refractivity contribution in [3.63, 3.8) is 0 Å². The minimum absolute atomic E-state index is 0.0732. The van der Waals surface area contributed by atoms with E-state index in [0.29, 0.717) is 0 Å². The molecule has 2 aromatic rings. The van der Waals surface area contributed by atoms with E-state index in [9.17, 15) is 14.7 Å². The Bertz CT molecular complexity index is 814. The second-order valence-electron chi connectivity index (χ2n) is 7.28. The maximum Gasteiger partial charge on any atom is 0.407 e. The van der Waals surface area contributed by atoms with Crippen molar-refractivity contribution in [2.24, 2.45) is 0 Å². The summed E-state index contributed by atoms with van der Waals surface area (Å²) in [5.41, 5.74) is 4.47. The van der Waals surface area contributed by atoms with Crippen LogP contribution in [-0.2, 0) is 9.53 Å². The van der Waals surface area contributed by atoms with Crippen molar-refractivity contribution in [2.75, 3.05) is 6.61 Å². The van der Waals surface area contributed by atoms with E-state index in [2.05, 4.69) is 17.4 Å². The van der Waals surface area contributed by atoms with Gasteiger partial charge in [0, 0.05) is 10.8 Å². The molecule has 0 fully saturated rings. The van der Waals surface area contributed by atoms with Crippen molar-refractivity contribution >= 4 is 23.7 Å². The molecule has 0 aromatic heterocycles. The van der Waals surface area contributed by atoms with Crippen LogP contribution in [0.5, 0.6) is 0 Å². The topological polar surface area (TPSA) is 75.6 Å². The predicted octanol–water partition coefficient (Wildman–Crippen LogP) is 4.39. The Morgan fingerprint density at radius 2 is 1.63 bits per heavy atom. The van der Waals surface area contributed by atoms with Gasteiger partial charge in [0.1, 0.15) is 12.6 Å². The van der Waals surface area contributed by atoms with Gasteiger partial charge in [-0.2, -0.15) is 0 Å². The molecule has 1 amide bonds. The lowest BCUT2D eigenvalue weighted by molar-refractivity contribution is -0.139. The molecule has 0 radical (unpaired) electrons. The normalized spacial score (nSPS) is 14.2. The van der Waals surface area contributed by atoms with Crippen LogP contribution in [0.25, 0.3) is 11.1 Å². The first-order valence-corrected chi connectivity index (χ1v) is 9.17. The lowest BCUT2D eigenvalue weighted by Crippen LogP contribution is -2.44. The third kappa shape index (κ3) is 4.42. The van der Waals surface area contributed by atoms with Crippen LogP contribution in [0, 0.1) is 0 Å². The number of carbonyl (C=O) groups excluding carboxylic acids is 1. The molecular formula is C21H22ClNO4. The molecule has 0 bridgehead atoms. The number of ether oxygens (including phenoxy) is 1. The number of aliphatic carboxylic acids is 1. The molecule has 142 valence electrons. The number of carboxylic acids is 1. The molecule has 1 atom stereocenters. The molecule has 6 heteroatoms. The van der Waals surface area contributed by atoms with Crippen LogP contribution >= 0.6 is 11.6 Å². The molecule has 5 nitrogen and oxygen atoms in total. The Hall–Kier alpha value is -2.53. The highest BCUT2D eigenvalue weighted by Gasteiger charge is 2.31. The van der Waals surface area contributed by atoms with Gasteiger partial charge in [-0.1, -0.05) is 48.5 Å². The molecule has 0 aliphatic heterocycles. The highest BCUT2D eigenvalue weighted by molar-refractivity contribution is 6.23. The van der Waals surface area contributed by atoms with E-state index in [4.69, 9.17) is 16.3 Å². The van der Waals surface area contributed by atoms with Crippen molar-refractivity contribution in [1.29, 1.82) is 0 Å². The maximum atomic E-state index is 12.2. The Morgan fingerprint density at radius 1 is 1.11 bits per heavy atom. The third-order valence-corrected chi connectivity index (χ3v) is 4.78. The molecule has 3 rings (SSSR count). The number of carbonyl (C=O) groups is 2. The molecule has 0 heterocycles. The van der Waals surface area contributed by atoms with Gasteiger partial charge in [0.05, 0.1) is 0 Å². The van der Waals surface area contributed by atoms with Crippen LogP contribution in [0.15, 0.2) is 48.5 Å². The van der Waals surface area contributed by atoms with Crippen molar-refractivity contribution in [3.05, 3.63) is 59.7 Å². The fourth-order valence-electron chi connectivity index (χ4n) is 3.47. The van der Waals surface area contributed by atoms with E-state index < -0.39 is 23.0 Å². The van der Waals surface area contributed by atoms with Gasteiger partial charge in [-0.3, -0.25) is 0 Å². The van der Waals surface area contributed by atoms with Crippen molar-refractivity contribution < 1.29 is 19.4 Å². The average molecular weight is 388 g/mol. The van der Waals surface area contributed by atoms with Crippen LogP contribution in [-0.4, -0.2) is 34.7 Å². The van der Waals surface area contributed by atoms with E-state index in [1.54, 1.807) is 13.8 Å². The zero-order chi connectivity index (χ0) is 19.6. The zero-order valence-electron chi connectivity index (χ0n) is 15.2. The third-order valence-electron chi connectivity index (χ3n) is 4.62. The quantitative estimate of drug-likeness (QED) is 0.721. The number of amides is 1. The molecular weight excluding hydrogens is 366 g/mol. The fourth-order valence-corrected chi connectivity index (χ4v) is 3.62. The summed E-state index contributed by atoms with van der Waals surface area (Å²) in [4.78, 5) is 22.8. The Labute approximate surface area is 163 Å². The van der Waals surface area contributed by atoms with E-state index in [-0.39, 0.29) is 18.9 Å². The highest BCUT2D eigenvalue weighted by atomic mass is 35.5. The van der Waals surface area contributed by atoms with Crippen molar-refractivity contribution in [1.82, 2.24) is 5.32 Å². The fraction of sp³-hybridized carbons (Fsp3) is 0.333. The second-order valence-corrected chi connectivity index (χ2v) is 8.31. The summed E-state index contributed by atoms with van der Waals surface area (Å²) in [6.45, 7) is 3.53. The van der Waals surface area contributed by atoms with Crippen molar-refractivity contribution in [3.8, 4) is 11.1 Å². The molecule has 1 unspecified atom stereocenters. The van der Waals surface area contributed by atoms with Gasteiger partial charge >= 0.3 is 12.1 Å². The number of alkyl carbamates (subject to hydrolysis) is 1. The first-order chi connectivity index (χ1) is 12.8. The number of nitrogens with one attached hydrogen (secondary N) is 1. The number of halogens is 1. The molecule has 2 aromatic carbocycles. The van der Waals surface area contributed by atoms with Crippen LogP contribution in [0.4, 0.5) is 4.79 Å². The van der Waals surface area contributed by atoms with Crippen molar-refractivity contribution in [2.45, 2.75) is 37.1 Å². The van der Waals surface area contributed by atoms with Gasteiger partial charge < -0.3 is 15.2 Å². The monoisotopic (exact) mass is 387 g/mol. The SMILES string of the molecule is CC(C)(Cl)CC(NC(=O)OCC1c2ccccc2-c2ccccc21)C(=O)O. The standard InChI is InChI=1S/C21H22ClNO4/c1-21(2,22)11-18(19(24)25)23-20(26)27-12-17-15-9-5-3-7-13(15)14-8-4-6-10-16(14)17/h3-10,17-18H,11-12H2,1-2H3,(H,23,26)(H,24,25). The first kappa shape index (κ1) is 19.2. The molecule has 0 saturated heterocycles. The minimum Gasteiger partial charge on any atom is -0.480 e. The summed E-state index contributed by atoms with van der Waals surface area (Å²) in [5.74, 6) is -1.21. The Balaban J connectivity index is 1.69.